The van der Waals surface area contributed by atoms with Crippen molar-refractivity contribution in [3.63, 3.8) is 0 Å². The van der Waals surface area contributed by atoms with Gasteiger partial charge in [-0.1, -0.05) is 0 Å². The maximum Gasteiger partial charge on any atom is 0.317 e. The predicted molar refractivity (Wildman–Crippen MR) is 92.1 cm³/mol. The fourth-order valence-corrected chi connectivity index (χ4v) is 3.64. The van der Waals surface area contributed by atoms with Crippen molar-refractivity contribution in [2.75, 3.05) is 33.3 Å². The number of hydrogen-bond donors (Lipinski definition) is 1. The Balaban J connectivity index is 1.52. The van der Waals surface area contributed by atoms with Gasteiger partial charge >= 0.3 is 6.03 Å². The molecule has 0 unspecified atom stereocenters. The summed E-state index contributed by atoms with van der Waals surface area (Å²) in [5.41, 5.74) is 2.18. The fourth-order valence-electron chi connectivity index (χ4n) is 3.64. The van der Waals surface area contributed by atoms with Gasteiger partial charge < -0.3 is 15.0 Å². The quantitative estimate of drug-likeness (QED) is 0.897. The largest absolute Gasteiger partial charge is 0.378 e. The van der Waals surface area contributed by atoms with E-state index in [-0.39, 0.29) is 18.2 Å². The Morgan fingerprint density at radius 1 is 1.29 bits per heavy atom. The van der Waals surface area contributed by atoms with Crippen molar-refractivity contribution in [3.8, 4) is 0 Å². The minimum atomic E-state index is 0.00503. The van der Waals surface area contributed by atoms with Gasteiger partial charge in [0.2, 0.25) is 0 Å². The summed E-state index contributed by atoms with van der Waals surface area (Å²) >= 11 is 0. The Bertz CT molecular complexity index is 594. The van der Waals surface area contributed by atoms with Crippen molar-refractivity contribution >= 4 is 6.03 Å². The van der Waals surface area contributed by atoms with E-state index in [1.54, 1.807) is 7.11 Å². The second kappa shape index (κ2) is 6.72. The third-order valence-corrected chi connectivity index (χ3v) is 5.18. The van der Waals surface area contributed by atoms with Crippen LogP contribution >= 0.6 is 0 Å². The number of hydrogen-bond acceptors (Lipinski definition) is 4. The van der Waals surface area contributed by atoms with Crippen LogP contribution in [0.4, 0.5) is 4.79 Å². The summed E-state index contributed by atoms with van der Waals surface area (Å²) in [6, 6.07) is 2.88. The highest BCUT2D eigenvalue weighted by Gasteiger charge is 2.38. The van der Waals surface area contributed by atoms with Crippen LogP contribution in [0.15, 0.2) is 6.07 Å². The standard InChI is InChI=1S/C17H29N5O2/c1-11(2)20-9-15(16(10-20)24-5)18-17(23)21-7-14(8-21)22-13(4)6-12(3)19-22/h6,11,14-16H,7-10H2,1-5H3,(H,18,23)/t15-,16-/m0/s1. The van der Waals surface area contributed by atoms with Crippen molar-refractivity contribution in [1.82, 2.24) is 24.9 Å². The van der Waals surface area contributed by atoms with E-state index in [1.165, 1.54) is 0 Å². The van der Waals surface area contributed by atoms with E-state index in [2.05, 4.69) is 42.2 Å². The first-order chi connectivity index (χ1) is 11.4. The normalized spacial score (nSPS) is 25.3. The molecule has 1 aromatic rings. The van der Waals surface area contributed by atoms with E-state index < -0.39 is 0 Å². The zero-order valence-corrected chi connectivity index (χ0v) is 15.3. The Kier molecular flexibility index (Phi) is 4.83. The summed E-state index contributed by atoms with van der Waals surface area (Å²) in [4.78, 5) is 16.7. The molecule has 7 nitrogen and oxygen atoms in total. The number of likely N-dealkylation sites (tertiary alicyclic amines) is 2. The molecule has 2 amide bonds. The zero-order valence-electron chi connectivity index (χ0n) is 15.3. The monoisotopic (exact) mass is 335 g/mol. The number of carbonyl (C=O) groups excluding carboxylic acids is 1. The Morgan fingerprint density at radius 3 is 2.54 bits per heavy atom. The van der Waals surface area contributed by atoms with Gasteiger partial charge in [0.05, 0.1) is 23.9 Å². The van der Waals surface area contributed by atoms with Crippen LogP contribution in [0.5, 0.6) is 0 Å². The number of nitrogens with one attached hydrogen (secondary N) is 1. The van der Waals surface area contributed by atoms with E-state index in [0.717, 1.165) is 24.5 Å². The molecule has 2 aliphatic rings. The lowest BCUT2D eigenvalue weighted by molar-refractivity contribution is 0.0797. The van der Waals surface area contributed by atoms with Crippen LogP contribution in [-0.2, 0) is 4.74 Å². The molecule has 3 heterocycles. The van der Waals surface area contributed by atoms with Crippen molar-refractivity contribution in [3.05, 3.63) is 17.5 Å². The molecule has 0 saturated carbocycles. The van der Waals surface area contributed by atoms with Gasteiger partial charge in [0, 0.05) is 45.0 Å². The molecule has 2 fully saturated rings. The summed E-state index contributed by atoms with van der Waals surface area (Å²) < 4.78 is 7.59. The maximum absolute atomic E-state index is 12.5. The molecule has 0 bridgehead atoms. The maximum atomic E-state index is 12.5. The molecule has 2 aliphatic heterocycles. The molecule has 0 aliphatic carbocycles. The molecule has 134 valence electrons. The number of ether oxygens (including phenoxy) is 1. The van der Waals surface area contributed by atoms with Crippen LogP contribution in [0.1, 0.15) is 31.3 Å². The average molecular weight is 335 g/mol. The average Bonchev–Trinajstić information content (AvgIpc) is 3.01. The second-order valence-electron chi connectivity index (χ2n) is 7.31. The minimum Gasteiger partial charge on any atom is -0.378 e. The lowest BCUT2D eigenvalue weighted by Crippen LogP contribution is -2.57. The highest BCUT2D eigenvalue weighted by Crippen LogP contribution is 2.23. The molecule has 0 aromatic carbocycles. The number of aromatic nitrogens is 2. The molecule has 0 radical (unpaired) electrons. The van der Waals surface area contributed by atoms with Gasteiger partial charge in [-0.3, -0.25) is 9.58 Å². The molecule has 0 spiro atoms. The third kappa shape index (κ3) is 3.28. The minimum absolute atomic E-state index is 0.00503. The molecular formula is C17H29N5O2. The van der Waals surface area contributed by atoms with Crippen LogP contribution in [-0.4, -0.2) is 77.1 Å². The Labute approximate surface area is 143 Å². The van der Waals surface area contributed by atoms with Gasteiger partial charge in [-0.15, -0.1) is 0 Å². The van der Waals surface area contributed by atoms with E-state index >= 15 is 0 Å². The summed E-state index contributed by atoms with van der Waals surface area (Å²) in [5, 5.41) is 7.66. The van der Waals surface area contributed by atoms with E-state index in [0.29, 0.717) is 25.2 Å². The van der Waals surface area contributed by atoms with Crippen molar-refractivity contribution < 1.29 is 9.53 Å². The van der Waals surface area contributed by atoms with Crippen LogP contribution in [0.2, 0.25) is 0 Å². The van der Waals surface area contributed by atoms with Crippen LogP contribution in [0.25, 0.3) is 0 Å². The molecule has 7 heteroatoms. The summed E-state index contributed by atoms with van der Waals surface area (Å²) in [5.74, 6) is 0. The topological polar surface area (TPSA) is 62.6 Å². The SMILES string of the molecule is CO[C@H]1CN(C(C)C)C[C@@H]1NC(=O)N1CC(n2nc(C)cc2C)C1. The molecular weight excluding hydrogens is 306 g/mol. The zero-order chi connectivity index (χ0) is 17.4. The number of aryl methyl sites for hydroxylation is 2. The van der Waals surface area contributed by atoms with Gasteiger partial charge in [0.1, 0.15) is 0 Å². The number of urea groups is 1. The number of carbonyl (C=O) groups is 1. The molecule has 1 aromatic heterocycles. The number of rotatable bonds is 4. The van der Waals surface area contributed by atoms with Gasteiger partial charge in [-0.2, -0.15) is 5.10 Å². The van der Waals surface area contributed by atoms with Gasteiger partial charge in [-0.05, 0) is 33.8 Å². The first kappa shape index (κ1) is 17.2. The molecule has 24 heavy (non-hydrogen) atoms. The fraction of sp³-hybridized carbons (Fsp3) is 0.765. The van der Waals surface area contributed by atoms with Crippen molar-refractivity contribution in [1.29, 1.82) is 0 Å². The predicted octanol–water partition coefficient (Wildman–Crippen LogP) is 1.17. The van der Waals surface area contributed by atoms with E-state index in [1.807, 2.05) is 16.5 Å². The summed E-state index contributed by atoms with van der Waals surface area (Å²) in [6.07, 6.45) is 0.0597. The Morgan fingerprint density at radius 2 is 2.00 bits per heavy atom. The number of methoxy groups -OCH3 is 1. The van der Waals surface area contributed by atoms with Crippen LogP contribution < -0.4 is 5.32 Å². The molecule has 2 saturated heterocycles. The second-order valence-corrected chi connectivity index (χ2v) is 7.31. The molecule has 2 atom stereocenters. The third-order valence-electron chi connectivity index (χ3n) is 5.18. The number of amides is 2. The van der Waals surface area contributed by atoms with Gasteiger partial charge in [-0.25, -0.2) is 4.79 Å². The molecule has 1 N–H and O–H groups in total. The van der Waals surface area contributed by atoms with Crippen molar-refractivity contribution in [2.24, 2.45) is 0 Å². The lowest BCUT2D eigenvalue weighted by atomic mass is 10.1. The first-order valence-corrected chi connectivity index (χ1v) is 8.74. The summed E-state index contributed by atoms with van der Waals surface area (Å²) in [6.45, 7) is 11.5. The van der Waals surface area contributed by atoms with Crippen molar-refractivity contribution in [2.45, 2.75) is 51.9 Å². The van der Waals surface area contributed by atoms with Crippen LogP contribution in [0, 0.1) is 13.8 Å². The highest BCUT2D eigenvalue weighted by molar-refractivity contribution is 5.75. The van der Waals surface area contributed by atoms with Crippen LogP contribution in [0.3, 0.4) is 0 Å². The Hall–Kier alpha value is -1.60. The van der Waals surface area contributed by atoms with E-state index in [4.69, 9.17) is 4.74 Å². The van der Waals surface area contributed by atoms with Gasteiger partial charge in [0.25, 0.3) is 0 Å². The smallest absolute Gasteiger partial charge is 0.317 e. The number of nitrogens with zero attached hydrogens (tertiary/aromatic N) is 4. The summed E-state index contributed by atoms with van der Waals surface area (Å²) in [7, 11) is 1.72. The first-order valence-electron chi connectivity index (χ1n) is 8.74. The van der Waals surface area contributed by atoms with Gasteiger partial charge in [0.15, 0.2) is 0 Å². The highest BCUT2D eigenvalue weighted by atomic mass is 16.5. The van der Waals surface area contributed by atoms with E-state index in [9.17, 15) is 4.79 Å². The lowest BCUT2D eigenvalue weighted by Gasteiger charge is -2.40. The molecule has 3 rings (SSSR count).